The summed E-state index contributed by atoms with van der Waals surface area (Å²) in [4.78, 5) is 9.79. The van der Waals surface area contributed by atoms with Crippen molar-refractivity contribution in [2.75, 3.05) is 13.4 Å². The summed E-state index contributed by atoms with van der Waals surface area (Å²) in [5, 5.41) is 17.8. The maximum Gasteiger partial charge on any atom is 0.337 e. The Bertz CT molecular complexity index is 580. The lowest BCUT2D eigenvalue weighted by Gasteiger charge is -2.13. The quantitative estimate of drug-likeness (QED) is 0.824. The number of aliphatic hydroxyl groups excluding tert-OH is 1. The van der Waals surface area contributed by atoms with Crippen molar-refractivity contribution in [3.8, 4) is 5.75 Å². The zero-order valence-corrected chi connectivity index (χ0v) is 10.4. The zero-order valence-electron chi connectivity index (χ0n) is 9.55. The van der Waals surface area contributed by atoms with Gasteiger partial charge in [0.05, 0.1) is 7.11 Å². The molecule has 0 bridgehead atoms. The van der Waals surface area contributed by atoms with E-state index in [0.717, 1.165) is 25.5 Å². The number of aliphatic hydroxyl groups is 1. The van der Waals surface area contributed by atoms with Gasteiger partial charge in [-0.25, -0.2) is 17.6 Å². The average molecular weight is 278 g/mol. The normalized spacial score (nSPS) is 13.1. The molecule has 0 aliphatic heterocycles. The van der Waals surface area contributed by atoms with Crippen LogP contribution in [-0.2, 0) is 14.6 Å². The smallest absolute Gasteiger partial charge is 0.337 e. The Balaban J connectivity index is 3.59. The molecule has 1 unspecified atom stereocenters. The lowest BCUT2D eigenvalue weighted by Crippen LogP contribution is -2.15. The van der Waals surface area contributed by atoms with Gasteiger partial charge >= 0.3 is 5.97 Å². The monoisotopic (exact) mass is 278 g/mol. The van der Waals surface area contributed by atoms with Crippen molar-refractivity contribution in [2.24, 2.45) is 0 Å². The summed E-state index contributed by atoms with van der Waals surface area (Å²) in [6, 6.07) is 2.04. The number of rotatable bonds is 4. The van der Waals surface area contributed by atoms with E-state index in [4.69, 9.17) is 9.84 Å². The number of carboxylic acid groups (broad SMARTS) is 1. The summed E-state index contributed by atoms with van der Waals surface area (Å²) in [6.45, 7) is 0. The summed E-state index contributed by atoms with van der Waals surface area (Å²) >= 11 is 0. The van der Waals surface area contributed by atoms with E-state index in [9.17, 15) is 22.7 Å². The predicted molar refractivity (Wildman–Crippen MR) is 58.7 cm³/mol. The molecule has 1 rings (SSSR count). The van der Waals surface area contributed by atoms with Crippen molar-refractivity contribution < 1.29 is 32.6 Å². The average Bonchev–Trinajstić information content (AvgIpc) is 2.25. The number of hydrogen-bond acceptors (Lipinski definition) is 5. The van der Waals surface area contributed by atoms with Crippen molar-refractivity contribution in [1.29, 1.82) is 0 Å². The first-order valence-corrected chi connectivity index (χ1v) is 6.56. The van der Waals surface area contributed by atoms with Crippen molar-refractivity contribution >= 4 is 15.8 Å². The van der Waals surface area contributed by atoms with E-state index in [2.05, 4.69) is 0 Å². The minimum absolute atomic E-state index is 0.253. The number of benzene rings is 1. The van der Waals surface area contributed by atoms with Crippen LogP contribution in [0.25, 0.3) is 0 Å². The minimum atomic E-state index is -3.96. The molecule has 0 aromatic heterocycles. The fourth-order valence-electron chi connectivity index (χ4n) is 1.40. The summed E-state index contributed by atoms with van der Waals surface area (Å²) < 4.78 is 41.5. The second-order valence-electron chi connectivity index (χ2n) is 3.51. The van der Waals surface area contributed by atoms with Gasteiger partial charge in [-0.15, -0.1) is 0 Å². The van der Waals surface area contributed by atoms with Crippen LogP contribution >= 0.6 is 0 Å². The third-order valence-corrected chi connectivity index (χ3v) is 3.33. The van der Waals surface area contributed by atoms with Gasteiger partial charge in [0.15, 0.2) is 21.8 Å². The number of aliphatic carboxylic acids is 1. The van der Waals surface area contributed by atoms with Crippen LogP contribution in [0.5, 0.6) is 5.75 Å². The highest BCUT2D eigenvalue weighted by atomic mass is 32.2. The van der Waals surface area contributed by atoms with E-state index >= 15 is 0 Å². The van der Waals surface area contributed by atoms with E-state index in [1.54, 1.807) is 0 Å². The molecule has 1 atom stereocenters. The molecule has 100 valence electrons. The fraction of sp³-hybridized carbons (Fsp3) is 0.300. The highest BCUT2D eigenvalue weighted by Crippen LogP contribution is 2.31. The molecule has 0 aliphatic carbocycles. The van der Waals surface area contributed by atoms with Crippen molar-refractivity contribution in [1.82, 2.24) is 0 Å². The number of carbonyl (C=O) groups is 1. The molecule has 6 nitrogen and oxygen atoms in total. The van der Waals surface area contributed by atoms with E-state index in [-0.39, 0.29) is 5.75 Å². The molecule has 0 fully saturated rings. The maximum absolute atomic E-state index is 13.9. The SMILES string of the molecule is COc1ccc(C(O)C(=O)O)c(F)c1S(C)(=O)=O. The number of sulfone groups is 1. The second-order valence-corrected chi connectivity index (χ2v) is 5.47. The topological polar surface area (TPSA) is 101 Å². The Hall–Kier alpha value is -1.67. The van der Waals surface area contributed by atoms with E-state index in [0.29, 0.717) is 0 Å². The van der Waals surface area contributed by atoms with Crippen LogP contribution in [0.4, 0.5) is 4.39 Å². The summed E-state index contributed by atoms with van der Waals surface area (Å²) in [5.41, 5.74) is -0.635. The van der Waals surface area contributed by atoms with Crippen LogP contribution in [0.15, 0.2) is 17.0 Å². The lowest BCUT2D eigenvalue weighted by atomic mass is 10.1. The molecule has 0 amide bonds. The standard InChI is InChI=1S/C10H11FO6S/c1-17-6-4-3-5(8(12)10(13)14)7(11)9(6)18(2,15)16/h3-4,8,12H,1-2H3,(H,13,14). The summed E-state index contributed by atoms with van der Waals surface area (Å²) in [6.07, 6.45) is -1.39. The van der Waals surface area contributed by atoms with Crippen molar-refractivity contribution in [3.05, 3.63) is 23.5 Å². The predicted octanol–water partition coefficient (Wildman–Crippen LogP) is 0.356. The third-order valence-electron chi connectivity index (χ3n) is 2.21. The zero-order chi connectivity index (χ0) is 14.1. The molecular formula is C10H11FO6S. The Morgan fingerprint density at radius 2 is 2.00 bits per heavy atom. The Labute approximate surface area is 103 Å². The van der Waals surface area contributed by atoms with Gasteiger partial charge in [-0.1, -0.05) is 0 Å². The van der Waals surface area contributed by atoms with Crippen molar-refractivity contribution in [2.45, 2.75) is 11.0 Å². The van der Waals surface area contributed by atoms with E-state index in [1.807, 2.05) is 0 Å². The largest absolute Gasteiger partial charge is 0.495 e. The highest BCUT2D eigenvalue weighted by Gasteiger charge is 2.28. The van der Waals surface area contributed by atoms with Gasteiger partial charge in [0.1, 0.15) is 10.6 Å². The van der Waals surface area contributed by atoms with Crippen LogP contribution in [0.3, 0.4) is 0 Å². The van der Waals surface area contributed by atoms with Gasteiger partial charge in [-0.2, -0.15) is 0 Å². The van der Waals surface area contributed by atoms with Crippen LogP contribution in [0.2, 0.25) is 0 Å². The van der Waals surface area contributed by atoms with Crippen molar-refractivity contribution in [3.63, 3.8) is 0 Å². The van der Waals surface area contributed by atoms with Gasteiger partial charge in [0.2, 0.25) is 0 Å². The number of carboxylic acids is 1. The van der Waals surface area contributed by atoms with Crippen LogP contribution in [0, 0.1) is 5.82 Å². The first-order chi connectivity index (χ1) is 8.20. The molecule has 2 N–H and O–H groups in total. The molecule has 18 heavy (non-hydrogen) atoms. The van der Waals surface area contributed by atoms with Crippen LogP contribution in [0.1, 0.15) is 11.7 Å². The molecular weight excluding hydrogens is 267 g/mol. The molecule has 0 spiro atoms. The Morgan fingerprint density at radius 1 is 1.44 bits per heavy atom. The number of halogens is 1. The van der Waals surface area contributed by atoms with Gasteiger partial charge in [-0.05, 0) is 12.1 Å². The first-order valence-electron chi connectivity index (χ1n) is 4.67. The van der Waals surface area contributed by atoms with Gasteiger partial charge in [-0.3, -0.25) is 0 Å². The van der Waals surface area contributed by atoms with Gasteiger partial charge < -0.3 is 14.9 Å². The summed E-state index contributed by atoms with van der Waals surface area (Å²) in [7, 11) is -2.81. The highest BCUT2D eigenvalue weighted by molar-refractivity contribution is 7.90. The summed E-state index contributed by atoms with van der Waals surface area (Å²) in [5.74, 6) is -3.26. The molecule has 0 aliphatic rings. The fourth-order valence-corrected chi connectivity index (χ4v) is 2.36. The van der Waals surface area contributed by atoms with Crippen LogP contribution in [-0.4, -0.2) is 38.0 Å². The molecule has 0 heterocycles. The molecule has 1 aromatic rings. The number of methoxy groups -OCH3 is 1. The first kappa shape index (κ1) is 14.4. The Kier molecular flexibility index (Phi) is 3.92. The van der Waals surface area contributed by atoms with Gasteiger partial charge in [0, 0.05) is 11.8 Å². The minimum Gasteiger partial charge on any atom is -0.495 e. The Morgan fingerprint density at radius 3 is 2.39 bits per heavy atom. The number of hydrogen-bond donors (Lipinski definition) is 2. The molecule has 0 radical (unpaired) electrons. The maximum atomic E-state index is 13.9. The molecule has 0 saturated heterocycles. The van der Waals surface area contributed by atoms with Gasteiger partial charge in [0.25, 0.3) is 0 Å². The molecule has 1 aromatic carbocycles. The molecule has 8 heteroatoms. The number of ether oxygens (including phenoxy) is 1. The van der Waals surface area contributed by atoms with Crippen LogP contribution < -0.4 is 4.74 Å². The second kappa shape index (κ2) is 4.91. The van der Waals surface area contributed by atoms with E-state index in [1.165, 1.54) is 0 Å². The van der Waals surface area contributed by atoms with E-state index < -0.39 is 38.2 Å². The third kappa shape index (κ3) is 2.59. The molecule has 0 saturated carbocycles. The lowest BCUT2D eigenvalue weighted by molar-refractivity contribution is -0.147.